The van der Waals surface area contributed by atoms with Gasteiger partial charge in [-0.2, -0.15) is 0 Å². The lowest BCUT2D eigenvalue weighted by Gasteiger charge is -2.05. The molecule has 16 heavy (non-hydrogen) atoms. The lowest BCUT2D eigenvalue weighted by atomic mass is 10.1. The van der Waals surface area contributed by atoms with Gasteiger partial charge in [0.1, 0.15) is 12.2 Å². The molecular formula is C15H13N. The van der Waals surface area contributed by atoms with Crippen molar-refractivity contribution in [3.8, 4) is 0 Å². The van der Waals surface area contributed by atoms with Gasteiger partial charge < -0.3 is 0 Å². The highest BCUT2D eigenvalue weighted by molar-refractivity contribution is 5.81. The van der Waals surface area contributed by atoms with Gasteiger partial charge in [-0.05, 0) is 24.6 Å². The average Bonchev–Trinajstić information content (AvgIpc) is 2.76. The van der Waals surface area contributed by atoms with Crippen molar-refractivity contribution in [1.82, 2.24) is 0 Å². The van der Waals surface area contributed by atoms with Crippen molar-refractivity contribution in [3.05, 3.63) is 65.2 Å². The first-order valence-electron chi connectivity index (χ1n) is 5.52. The molecule has 0 N–H and O–H groups in total. The molecule has 0 saturated carbocycles. The third-order valence-corrected chi connectivity index (χ3v) is 3.05. The molecule has 78 valence electrons. The van der Waals surface area contributed by atoms with Gasteiger partial charge in [-0.15, -0.1) is 12.1 Å². The van der Waals surface area contributed by atoms with Crippen LogP contribution in [0.3, 0.4) is 0 Å². The molecule has 0 amide bonds. The fourth-order valence-electron chi connectivity index (χ4n) is 2.12. The number of benzene rings is 2. The van der Waals surface area contributed by atoms with Crippen molar-refractivity contribution >= 4 is 11.9 Å². The molecule has 2 aromatic carbocycles. The summed E-state index contributed by atoms with van der Waals surface area (Å²) in [5.74, 6) is 0. The minimum Gasteiger partial charge on any atom is -0.279 e. The highest BCUT2D eigenvalue weighted by Crippen LogP contribution is 2.23. The standard InChI is InChI=1S/C15H13N/c1-12-6-5-7-13-10-16(11-15(12)13)14-8-3-2-4-9-14/h2-9H,11H2,1H3. The van der Waals surface area contributed by atoms with Crippen molar-refractivity contribution in [2.75, 3.05) is 0 Å². The van der Waals surface area contributed by atoms with Crippen molar-refractivity contribution in [3.63, 3.8) is 0 Å². The summed E-state index contributed by atoms with van der Waals surface area (Å²) in [5.41, 5.74) is 5.18. The molecule has 1 aliphatic rings. The zero-order chi connectivity index (χ0) is 11.0. The summed E-state index contributed by atoms with van der Waals surface area (Å²) in [6.45, 7) is 3.10. The smallest absolute Gasteiger partial charge is 0.153 e. The van der Waals surface area contributed by atoms with Crippen molar-refractivity contribution in [1.29, 1.82) is 0 Å². The molecule has 0 fully saturated rings. The molecular weight excluding hydrogens is 194 g/mol. The van der Waals surface area contributed by atoms with Gasteiger partial charge in [0.2, 0.25) is 0 Å². The summed E-state index contributed by atoms with van der Waals surface area (Å²) in [6, 6.07) is 16.8. The predicted octanol–water partition coefficient (Wildman–Crippen LogP) is 3.15. The Bertz CT molecular complexity index is 553. The molecule has 0 saturated heterocycles. The van der Waals surface area contributed by atoms with Gasteiger partial charge >= 0.3 is 0 Å². The molecule has 0 atom stereocenters. The highest BCUT2D eigenvalue weighted by atomic mass is 15.0. The van der Waals surface area contributed by atoms with E-state index in [4.69, 9.17) is 0 Å². The second kappa shape index (κ2) is 3.60. The van der Waals surface area contributed by atoms with Crippen LogP contribution in [0.1, 0.15) is 16.7 Å². The SMILES string of the molecule is Cc1cccc2c1C[N+](c1ccccc1)=[C-]2. The molecule has 1 heteroatoms. The third-order valence-electron chi connectivity index (χ3n) is 3.05. The quantitative estimate of drug-likeness (QED) is 0.499. The Morgan fingerprint density at radius 2 is 1.81 bits per heavy atom. The van der Waals surface area contributed by atoms with E-state index in [0.29, 0.717) is 0 Å². The summed E-state index contributed by atoms with van der Waals surface area (Å²) >= 11 is 0. The third kappa shape index (κ3) is 1.45. The molecule has 1 nitrogen and oxygen atoms in total. The minimum absolute atomic E-state index is 0.937. The lowest BCUT2D eigenvalue weighted by Crippen LogP contribution is -1.99. The van der Waals surface area contributed by atoms with Crippen LogP contribution in [0.4, 0.5) is 5.69 Å². The topological polar surface area (TPSA) is 3.01 Å². The van der Waals surface area contributed by atoms with E-state index in [1.165, 1.54) is 22.4 Å². The van der Waals surface area contributed by atoms with Gasteiger partial charge in [-0.25, -0.2) is 0 Å². The van der Waals surface area contributed by atoms with Gasteiger partial charge in [-0.1, -0.05) is 35.4 Å². The maximum absolute atomic E-state index is 3.42. The van der Waals surface area contributed by atoms with E-state index in [9.17, 15) is 0 Å². The van der Waals surface area contributed by atoms with Crippen molar-refractivity contribution in [2.24, 2.45) is 0 Å². The summed E-state index contributed by atoms with van der Waals surface area (Å²) in [6.07, 6.45) is 3.42. The summed E-state index contributed by atoms with van der Waals surface area (Å²) in [4.78, 5) is 0. The number of rotatable bonds is 1. The van der Waals surface area contributed by atoms with E-state index >= 15 is 0 Å². The molecule has 3 rings (SSSR count). The van der Waals surface area contributed by atoms with Crippen LogP contribution in [0.5, 0.6) is 0 Å². The monoisotopic (exact) mass is 207 g/mol. The second-order valence-corrected chi connectivity index (χ2v) is 4.13. The number of aryl methyl sites for hydroxylation is 1. The Balaban J connectivity index is 2.04. The van der Waals surface area contributed by atoms with Gasteiger partial charge in [0.25, 0.3) is 0 Å². The Kier molecular flexibility index (Phi) is 2.10. The zero-order valence-corrected chi connectivity index (χ0v) is 9.27. The molecule has 0 unspecified atom stereocenters. The largest absolute Gasteiger partial charge is 0.279 e. The molecule has 0 spiro atoms. The second-order valence-electron chi connectivity index (χ2n) is 4.13. The predicted molar refractivity (Wildman–Crippen MR) is 65.4 cm³/mol. The molecule has 0 aromatic heterocycles. The van der Waals surface area contributed by atoms with Crippen LogP contribution in [0.25, 0.3) is 0 Å². The van der Waals surface area contributed by atoms with E-state index in [1.807, 2.05) is 6.07 Å². The normalized spacial score (nSPS) is 13.4. The number of para-hydroxylation sites is 1. The Labute approximate surface area is 95.7 Å². The fraction of sp³-hybridized carbons (Fsp3) is 0.133. The number of hydrogen-bond acceptors (Lipinski definition) is 0. The van der Waals surface area contributed by atoms with Gasteiger partial charge in [0.15, 0.2) is 6.21 Å². The first kappa shape index (κ1) is 9.34. The summed E-state index contributed by atoms with van der Waals surface area (Å²) in [7, 11) is 0. The Hall–Kier alpha value is -1.89. The molecule has 1 heterocycles. The van der Waals surface area contributed by atoms with E-state index in [0.717, 1.165) is 6.54 Å². The minimum atomic E-state index is 0.937. The van der Waals surface area contributed by atoms with Crippen molar-refractivity contribution in [2.45, 2.75) is 13.5 Å². The number of fused-ring (bicyclic) bond motifs is 1. The average molecular weight is 207 g/mol. The molecule has 2 aromatic rings. The van der Waals surface area contributed by atoms with Gasteiger partial charge in [0.05, 0.1) is 0 Å². The van der Waals surface area contributed by atoms with E-state index < -0.39 is 0 Å². The van der Waals surface area contributed by atoms with Gasteiger partial charge in [-0.3, -0.25) is 4.58 Å². The van der Waals surface area contributed by atoms with E-state index in [-0.39, 0.29) is 0 Å². The van der Waals surface area contributed by atoms with Crippen LogP contribution in [-0.2, 0) is 6.54 Å². The zero-order valence-electron chi connectivity index (χ0n) is 9.27. The van der Waals surface area contributed by atoms with E-state index in [2.05, 4.69) is 60.2 Å². The summed E-state index contributed by atoms with van der Waals surface area (Å²) < 4.78 is 2.18. The molecule has 1 aliphatic heterocycles. The first-order valence-corrected chi connectivity index (χ1v) is 5.52. The van der Waals surface area contributed by atoms with Crippen LogP contribution >= 0.6 is 0 Å². The molecule has 0 aliphatic carbocycles. The lowest BCUT2D eigenvalue weighted by molar-refractivity contribution is -0.447. The maximum atomic E-state index is 3.42. The fourth-order valence-corrected chi connectivity index (χ4v) is 2.12. The molecule has 0 bridgehead atoms. The van der Waals surface area contributed by atoms with Crippen LogP contribution in [-0.4, -0.2) is 10.8 Å². The first-order chi connectivity index (χ1) is 7.84. The Morgan fingerprint density at radius 1 is 1.00 bits per heavy atom. The number of nitrogens with zero attached hydrogens (tertiary/aromatic N) is 1. The van der Waals surface area contributed by atoms with Crippen LogP contribution in [0, 0.1) is 6.92 Å². The van der Waals surface area contributed by atoms with Crippen molar-refractivity contribution < 1.29 is 4.58 Å². The van der Waals surface area contributed by atoms with Crippen LogP contribution < -0.4 is 0 Å². The van der Waals surface area contributed by atoms with Gasteiger partial charge in [0, 0.05) is 0 Å². The maximum Gasteiger partial charge on any atom is 0.153 e. The van der Waals surface area contributed by atoms with Crippen LogP contribution in [0.2, 0.25) is 0 Å². The Morgan fingerprint density at radius 3 is 2.56 bits per heavy atom. The summed E-state index contributed by atoms with van der Waals surface area (Å²) in [5, 5.41) is 0. The molecule has 0 radical (unpaired) electrons. The number of hydrogen-bond donors (Lipinski definition) is 0. The highest BCUT2D eigenvalue weighted by Gasteiger charge is 2.14. The van der Waals surface area contributed by atoms with Crippen LogP contribution in [0.15, 0.2) is 48.5 Å². The van der Waals surface area contributed by atoms with E-state index in [1.54, 1.807) is 0 Å².